The van der Waals surface area contributed by atoms with Crippen molar-refractivity contribution in [1.29, 1.82) is 0 Å². The van der Waals surface area contributed by atoms with Crippen LogP contribution in [-0.4, -0.2) is 38.8 Å². The number of aliphatic carboxylic acids is 1. The lowest BCUT2D eigenvalue weighted by Crippen LogP contribution is -2.35. The van der Waals surface area contributed by atoms with E-state index < -0.39 is 12.0 Å². The molecule has 1 aliphatic rings. The number of carbonyl (C=O) groups excluding carboxylic acids is 1. The van der Waals surface area contributed by atoms with Crippen LogP contribution < -0.4 is 0 Å². The van der Waals surface area contributed by atoms with Gasteiger partial charge in [0.15, 0.2) is 6.04 Å². The Morgan fingerprint density at radius 1 is 1.39 bits per heavy atom. The fourth-order valence-corrected chi connectivity index (χ4v) is 2.41. The molecule has 1 aromatic rings. The zero-order chi connectivity index (χ0) is 13.3. The molecule has 2 N–H and O–H groups in total. The van der Waals surface area contributed by atoms with Gasteiger partial charge in [0, 0.05) is 18.2 Å². The first-order valence-electron chi connectivity index (χ1n) is 5.48. The van der Waals surface area contributed by atoms with Crippen LogP contribution in [0.1, 0.15) is 18.0 Å². The van der Waals surface area contributed by atoms with Gasteiger partial charge in [0.05, 0.1) is 0 Å². The second-order valence-corrected chi connectivity index (χ2v) is 4.97. The van der Waals surface area contributed by atoms with E-state index in [9.17, 15) is 19.8 Å². The van der Waals surface area contributed by atoms with E-state index in [1.165, 1.54) is 29.2 Å². The van der Waals surface area contributed by atoms with Crippen LogP contribution >= 0.6 is 12.6 Å². The highest BCUT2D eigenvalue weighted by molar-refractivity contribution is 7.81. The monoisotopic (exact) mass is 267 g/mol. The molecule has 5 nitrogen and oxygen atoms in total. The number of hydrogen-bond acceptors (Lipinski definition) is 4. The van der Waals surface area contributed by atoms with Crippen molar-refractivity contribution in [3.63, 3.8) is 0 Å². The van der Waals surface area contributed by atoms with Crippen molar-refractivity contribution < 1.29 is 19.8 Å². The normalized spacial score (nSPS) is 21.1. The molecule has 96 valence electrons. The summed E-state index contributed by atoms with van der Waals surface area (Å²) in [6, 6.07) is 4.81. The summed E-state index contributed by atoms with van der Waals surface area (Å²) in [7, 11) is 0. The molecule has 0 aliphatic carbocycles. The Morgan fingerprint density at radius 2 is 2.00 bits per heavy atom. The number of hydrogen-bond donors (Lipinski definition) is 3. The zero-order valence-electron chi connectivity index (χ0n) is 9.48. The number of benzene rings is 1. The highest BCUT2D eigenvalue weighted by Crippen LogP contribution is 2.29. The highest BCUT2D eigenvalue weighted by atomic mass is 32.1. The molecule has 6 heteroatoms. The summed E-state index contributed by atoms with van der Waals surface area (Å²) in [6.07, 6.45) is 0.255. The fourth-order valence-electron chi connectivity index (χ4n) is 2.07. The predicted molar refractivity (Wildman–Crippen MR) is 67.6 cm³/mol. The lowest BCUT2D eigenvalue weighted by molar-refractivity contribution is -0.148. The molecule has 1 aliphatic heterocycles. The lowest BCUT2D eigenvalue weighted by Gasteiger charge is -2.24. The van der Waals surface area contributed by atoms with E-state index in [1.807, 2.05) is 0 Å². The van der Waals surface area contributed by atoms with Crippen LogP contribution in [-0.2, 0) is 9.59 Å². The lowest BCUT2D eigenvalue weighted by atomic mass is 10.1. The highest BCUT2D eigenvalue weighted by Gasteiger charge is 2.37. The molecule has 0 saturated carbocycles. The van der Waals surface area contributed by atoms with Gasteiger partial charge >= 0.3 is 5.97 Å². The minimum Gasteiger partial charge on any atom is -0.508 e. The molecule has 1 heterocycles. The number of likely N-dealkylation sites (tertiary alicyclic amines) is 1. The van der Waals surface area contributed by atoms with Crippen molar-refractivity contribution in [3.05, 3.63) is 29.8 Å². The summed E-state index contributed by atoms with van der Waals surface area (Å²) in [5.74, 6) is -1.24. The van der Waals surface area contributed by atoms with Crippen molar-refractivity contribution in [3.8, 4) is 5.75 Å². The zero-order valence-corrected chi connectivity index (χ0v) is 10.4. The van der Waals surface area contributed by atoms with Crippen LogP contribution in [0.3, 0.4) is 0 Å². The third-order valence-electron chi connectivity index (χ3n) is 2.89. The van der Waals surface area contributed by atoms with Gasteiger partial charge < -0.3 is 15.1 Å². The van der Waals surface area contributed by atoms with Gasteiger partial charge in [-0.2, -0.15) is 12.6 Å². The minimum atomic E-state index is -1.09. The van der Waals surface area contributed by atoms with Crippen molar-refractivity contribution in [2.75, 3.05) is 6.54 Å². The minimum absolute atomic E-state index is 0.0581. The van der Waals surface area contributed by atoms with E-state index in [2.05, 4.69) is 12.6 Å². The smallest absolute Gasteiger partial charge is 0.331 e. The second kappa shape index (κ2) is 4.89. The van der Waals surface area contributed by atoms with E-state index in [4.69, 9.17) is 0 Å². The Kier molecular flexibility index (Phi) is 3.47. The molecule has 2 atom stereocenters. The summed E-state index contributed by atoms with van der Waals surface area (Å²) >= 11 is 4.21. The predicted octanol–water partition coefficient (Wildman–Crippen LogP) is 1.05. The third kappa shape index (κ3) is 2.43. The van der Waals surface area contributed by atoms with E-state index in [0.29, 0.717) is 12.1 Å². The second-order valence-electron chi connectivity index (χ2n) is 4.24. The maximum Gasteiger partial charge on any atom is 0.331 e. The molecule has 0 spiro atoms. The molecule has 1 saturated heterocycles. The molecule has 0 aromatic heterocycles. The van der Waals surface area contributed by atoms with Crippen LogP contribution in [0.5, 0.6) is 5.75 Å². The summed E-state index contributed by atoms with van der Waals surface area (Å²) in [4.78, 5) is 24.4. The van der Waals surface area contributed by atoms with Crippen LogP contribution in [0, 0.1) is 0 Å². The first-order valence-corrected chi connectivity index (χ1v) is 6.00. The van der Waals surface area contributed by atoms with E-state index in [0.717, 1.165) is 0 Å². The number of carboxylic acid groups (broad SMARTS) is 1. The number of carboxylic acids is 1. The van der Waals surface area contributed by atoms with Gasteiger partial charge in [-0.1, -0.05) is 12.1 Å². The van der Waals surface area contributed by atoms with Crippen molar-refractivity contribution in [2.24, 2.45) is 0 Å². The molecule has 2 rings (SSSR count). The quantitative estimate of drug-likeness (QED) is 0.715. The SMILES string of the molecule is O=C(O)C(c1ccc(O)cc1)N1CC(S)CC1=O. The van der Waals surface area contributed by atoms with E-state index in [1.54, 1.807) is 0 Å². The summed E-state index contributed by atoms with van der Waals surface area (Å²) in [6.45, 7) is 0.319. The van der Waals surface area contributed by atoms with Crippen LogP contribution in [0.4, 0.5) is 0 Å². The average Bonchev–Trinajstić information content (AvgIpc) is 2.61. The fraction of sp³-hybridized carbons (Fsp3) is 0.333. The number of aromatic hydroxyl groups is 1. The largest absolute Gasteiger partial charge is 0.508 e. The van der Waals surface area contributed by atoms with Crippen molar-refractivity contribution in [1.82, 2.24) is 4.90 Å². The molecule has 2 unspecified atom stereocenters. The molecule has 0 bridgehead atoms. The molecule has 1 aromatic carbocycles. The summed E-state index contributed by atoms with van der Waals surface area (Å²) in [5.41, 5.74) is 0.469. The van der Waals surface area contributed by atoms with Crippen LogP contribution in [0.15, 0.2) is 24.3 Å². The average molecular weight is 267 g/mol. The Morgan fingerprint density at radius 3 is 2.44 bits per heavy atom. The molecule has 1 fully saturated rings. The molecular formula is C12H13NO4S. The first kappa shape index (κ1) is 12.8. The number of amides is 1. The van der Waals surface area contributed by atoms with Crippen LogP contribution in [0.2, 0.25) is 0 Å². The number of phenolic OH excluding ortho intramolecular Hbond substituents is 1. The maximum atomic E-state index is 11.7. The van der Waals surface area contributed by atoms with Gasteiger partial charge in [-0.15, -0.1) is 0 Å². The van der Waals surface area contributed by atoms with Crippen LogP contribution in [0.25, 0.3) is 0 Å². The Bertz CT molecular complexity index is 473. The van der Waals surface area contributed by atoms with Gasteiger partial charge in [0.2, 0.25) is 5.91 Å². The van der Waals surface area contributed by atoms with E-state index >= 15 is 0 Å². The summed E-state index contributed by atoms with van der Waals surface area (Å²) < 4.78 is 0. The number of carbonyl (C=O) groups is 2. The third-order valence-corrected chi connectivity index (χ3v) is 3.24. The first-order chi connectivity index (χ1) is 8.49. The Balaban J connectivity index is 2.32. The number of thiol groups is 1. The molecule has 1 amide bonds. The maximum absolute atomic E-state index is 11.7. The molecule has 18 heavy (non-hydrogen) atoms. The van der Waals surface area contributed by atoms with Gasteiger partial charge in [0.25, 0.3) is 0 Å². The van der Waals surface area contributed by atoms with Crippen molar-refractivity contribution >= 4 is 24.5 Å². The summed E-state index contributed by atoms with van der Waals surface area (Å²) in [5, 5.41) is 18.3. The van der Waals surface area contributed by atoms with E-state index in [-0.39, 0.29) is 23.3 Å². The van der Waals surface area contributed by atoms with Gasteiger partial charge in [-0.3, -0.25) is 4.79 Å². The standard InChI is InChI=1S/C12H13NO4S/c14-8-3-1-7(2-4-8)11(12(16)17)13-6-9(18)5-10(13)15/h1-4,9,11,14,18H,5-6H2,(H,16,17). The topological polar surface area (TPSA) is 77.8 Å². The van der Waals surface area contributed by atoms with Gasteiger partial charge in [-0.25, -0.2) is 4.79 Å². The number of rotatable bonds is 3. The Hall–Kier alpha value is -1.69. The van der Waals surface area contributed by atoms with Gasteiger partial charge in [0.1, 0.15) is 5.75 Å². The van der Waals surface area contributed by atoms with Crippen molar-refractivity contribution in [2.45, 2.75) is 17.7 Å². The number of nitrogens with zero attached hydrogens (tertiary/aromatic N) is 1. The number of phenols is 1. The Labute approximate surface area is 109 Å². The molecule has 0 radical (unpaired) electrons. The van der Waals surface area contributed by atoms with Gasteiger partial charge in [-0.05, 0) is 17.7 Å². The molecular weight excluding hydrogens is 254 g/mol.